The second kappa shape index (κ2) is 12.2. The van der Waals surface area contributed by atoms with Gasteiger partial charge < -0.3 is 31.0 Å². The van der Waals surface area contributed by atoms with Gasteiger partial charge in [0.15, 0.2) is 17.2 Å². The fourth-order valence-corrected chi connectivity index (χ4v) is 4.33. The molecular formula is C25H29F5N4O5. The van der Waals surface area contributed by atoms with Gasteiger partial charge >= 0.3 is 6.18 Å². The number of hydrogen-bond acceptors (Lipinski definition) is 7. The van der Waals surface area contributed by atoms with Crippen molar-refractivity contribution >= 4 is 17.5 Å². The number of pyridine rings is 1. The Morgan fingerprint density at radius 3 is 2.54 bits per heavy atom. The smallest absolute Gasteiger partial charge is 0.417 e. The van der Waals surface area contributed by atoms with E-state index in [2.05, 4.69) is 10.3 Å². The standard InChI is InChI=1S/C25H29F5N4O5/c1-13-18(15-4-5-16(26)19(27)20(15)38-11-10-37-9-3-7-31)21(39-24(13,2)25(28,29)30)23(36)34-14-6-8-33-17(12-14)22(32)35/h4-6,8,12-13,18,21H,3,7,9-11,31H2,1-2H3,(H2,32,35)(H,33,34,36)/t13-,18-,21+,24+/m0/s1. The van der Waals surface area contributed by atoms with Gasteiger partial charge in [-0.3, -0.25) is 14.6 Å². The molecule has 0 radical (unpaired) electrons. The highest BCUT2D eigenvalue weighted by Crippen LogP contribution is 2.55. The first-order valence-corrected chi connectivity index (χ1v) is 12.0. The molecule has 1 aliphatic rings. The van der Waals surface area contributed by atoms with Crippen molar-refractivity contribution in [1.29, 1.82) is 0 Å². The van der Waals surface area contributed by atoms with Crippen molar-refractivity contribution in [2.45, 2.75) is 44.1 Å². The Morgan fingerprint density at radius 2 is 1.90 bits per heavy atom. The monoisotopic (exact) mass is 560 g/mol. The molecule has 1 saturated heterocycles. The number of primary amides is 1. The number of rotatable bonds is 11. The van der Waals surface area contributed by atoms with Gasteiger partial charge in [-0.25, -0.2) is 4.39 Å². The average molecular weight is 561 g/mol. The molecule has 1 aliphatic heterocycles. The van der Waals surface area contributed by atoms with Gasteiger partial charge in [0, 0.05) is 35.9 Å². The van der Waals surface area contributed by atoms with Crippen LogP contribution in [-0.4, -0.2) is 61.0 Å². The summed E-state index contributed by atoms with van der Waals surface area (Å²) in [5.74, 6) is -8.15. The highest BCUT2D eigenvalue weighted by Gasteiger charge is 2.66. The molecule has 4 atom stereocenters. The number of ether oxygens (including phenoxy) is 3. The highest BCUT2D eigenvalue weighted by molar-refractivity contribution is 5.97. The molecule has 3 rings (SSSR count). The van der Waals surface area contributed by atoms with E-state index < -0.39 is 58.9 Å². The lowest BCUT2D eigenvalue weighted by molar-refractivity contribution is -0.272. The summed E-state index contributed by atoms with van der Waals surface area (Å²) in [6, 6.07) is 4.22. The molecule has 14 heteroatoms. The molecular weight excluding hydrogens is 531 g/mol. The van der Waals surface area contributed by atoms with Gasteiger partial charge in [-0.05, 0) is 38.1 Å². The predicted molar refractivity (Wildman–Crippen MR) is 129 cm³/mol. The minimum absolute atomic E-state index is 0.0100. The van der Waals surface area contributed by atoms with Gasteiger partial charge in [0.05, 0.1) is 6.61 Å². The van der Waals surface area contributed by atoms with Crippen LogP contribution >= 0.6 is 0 Å². The first-order chi connectivity index (χ1) is 18.3. The number of amides is 2. The Hall–Kier alpha value is -3.36. The third kappa shape index (κ3) is 6.45. The molecule has 2 heterocycles. The molecule has 1 fully saturated rings. The van der Waals surface area contributed by atoms with E-state index in [1.54, 1.807) is 0 Å². The van der Waals surface area contributed by atoms with E-state index >= 15 is 0 Å². The van der Waals surface area contributed by atoms with Crippen molar-refractivity contribution in [3.8, 4) is 5.75 Å². The molecule has 1 aromatic carbocycles. The molecule has 39 heavy (non-hydrogen) atoms. The second-order valence-electron chi connectivity index (χ2n) is 9.12. The number of carbonyl (C=O) groups is 2. The van der Waals surface area contributed by atoms with Crippen molar-refractivity contribution < 1.29 is 45.8 Å². The van der Waals surface area contributed by atoms with E-state index in [0.29, 0.717) is 19.6 Å². The largest absolute Gasteiger partial charge is 0.488 e. The zero-order valence-corrected chi connectivity index (χ0v) is 21.2. The summed E-state index contributed by atoms with van der Waals surface area (Å²) in [5.41, 5.74) is 7.37. The molecule has 9 nitrogen and oxygen atoms in total. The lowest BCUT2D eigenvalue weighted by Gasteiger charge is -2.32. The summed E-state index contributed by atoms with van der Waals surface area (Å²) in [6.45, 7) is 2.38. The lowest BCUT2D eigenvalue weighted by Crippen LogP contribution is -2.47. The molecule has 0 aliphatic carbocycles. The summed E-state index contributed by atoms with van der Waals surface area (Å²) in [7, 11) is 0. The number of aromatic nitrogens is 1. The van der Waals surface area contributed by atoms with Gasteiger partial charge in [-0.2, -0.15) is 17.6 Å². The number of benzene rings is 1. The topological polar surface area (TPSA) is 139 Å². The van der Waals surface area contributed by atoms with Crippen molar-refractivity contribution in [3.63, 3.8) is 0 Å². The molecule has 214 valence electrons. The fraction of sp³-hybridized carbons (Fsp3) is 0.480. The van der Waals surface area contributed by atoms with Crippen LogP contribution in [0.1, 0.15) is 42.2 Å². The molecule has 0 unspecified atom stereocenters. The summed E-state index contributed by atoms with van der Waals surface area (Å²) in [4.78, 5) is 28.5. The molecule has 5 N–H and O–H groups in total. The van der Waals surface area contributed by atoms with E-state index in [9.17, 15) is 31.5 Å². The Kier molecular flexibility index (Phi) is 9.46. The fourth-order valence-electron chi connectivity index (χ4n) is 4.33. The van der Waals surface area contributed by atoms with Gasteiger partial charge in [0.2, 0.25) is 5.82 Å². The zero-order chi connectivity index (χ0) is 29.0. The number of nitrogens with two attached hydrogens (primary N) is 2. The van der Waals surface area contributed by atoms with Crippen LogP contribution in [0.4, 0.5) is 27.6 Å². The van der Waals surface area contributed by atoms with Crippen LogP contribution in [0.5, 0.6) is 5.75 Å². The summed E-state index contributed by atoms with van der Waals surface area (Å²) in [5, 5.41) is 2.39. The van der Waals surface area contributed by atoms with E-state index in [0.717, 1.165) is 25.1 Å². The van der Waals surface area contributed by atoms with Crippen LogP contribution < -0.4 is 21.5 Å². The van der Waals surface area contributed by atoms with Crippen LogP contribution in [0.25, 0.3) is 0 Å². The number of anilines is 1. The summed E-state index contributed by atoms with van der Waals surface area (Å²) < 4.78 is 87.7. The maximum Gasteiger partial charge on any atom is 0.417 e. The SMILES string of the molecule is C[C@H]1[C@@H](c2ccc(F)c(F)c2OCCOCCCN)[C@H](C(=O)Nc2ccnc(C(N)=O)c2)O[C@@]1(C)C(F)(F)F. The average Bonchev–Trinajstić information content (AvgIpc) is 3.15. The normalized spacial score (nSPS) is 23.0. The molecule has 0 saturated carbocycles. The van der Waals surface area contributed by atoms with Gasteiger partial charge in [-0.1, -0.05) is 13.0 Å². The molecule has 1 aromatic heterocycles. The van der Waals surface area contributed by atoms with Crippen LogP contribution in [0, 0.1) is 17.6 Å². The van der Waals surface area contributed by atoms with Crippen LogP contribution in [0.15, 0.2) is 30.5 Å². The van der Waals surface area contributed by atoms with Gasteiger partial charge in [-0.15, -0.1) is 0 Å². The second-order valence-corrected chi connectivity index (χ2v) is 9.12. The Labute approximate surface area is 221 Å². The van der Waals surface area contributed by atoms with Crippen LogP contribution in [0.3, 0.4) is 0 Å². The number of carbonyl (C=O) groups excluding carboxylic acids is 2. The van der Waals surface area contributed by atoms with E-state index in [4.69, 9.17) is 25.7 Å². The maximum atomic E-state index is 14.9. The number of hydrogen-bond donors (Lipinski definition) is 3. The molecule has 0 bridgehead atoms. The molecule has 2 amide bonds. The van der Waals surface area contributed by atoms with E-state index in [-0.39, 0.29) is 30.2 Å². The number of alkyl halides is 3. The van der Waals surface area contributed by atoms with Crippen molar-refractivity contribution in [3.05, 3.63) is 53.4 Å². The highest BCUT2D eigenvalue weighted by atomic mass is 19.4. The number of halogens is 5. The van der Waals surface area contributed by atoms with E-state index in [1.807, 2.05) is 0 Å². The summed E-state index contributed by atoms with van der Waals surface area (Å²) >= 11 is 0. The Morgan fingerprint density at radius 1 is 1.18 bits per heavy atom. The van der Waals surface area contributed by atoms with Crippen LogP contribution in [-0.2, 0) is 14.3 Å². The van der Waals surface area contributed by atoms with Crippen molar-refractivity contribution in [2.75, 3.05) is 31.7 Å². The predicted octanol–water partition coefficient (Wildman–Crippen LogP) is 3.28. The minimum atomic E-state index is -4.92. The lowest BCUT2D eigenvalue weighted by atomic mass is 9.77. The van der Waals surface area contributed by atoms with Gasteiger partial charge in [0.25, 0.3) is 11.8 Å². The van der Waals surface area contributed by atoms with Crippen molar-refractivity contribution in [2.24, 2.45) is 17.4 Å². The van der Waals surface area contributed by atoms with Crippen molar-refractivity contribution in [1.82, 2.24) is 4.98 Å². The summed E-state index contributed by atoms with van der Waals surface area (Å²) in [6.07, 6.45) is -5.01. The molecule has 0 spiro atoms. The maximum absolute atomic E-state index is 14.9. The number of nitrogens with one attached hydrogen (secondary N) is 1. The first kappa shape index (κ1) is 30.2. The zero-order valence-electron chi connectivity index (χ0n) is 21.2. The minimum Gasteiger partial charge on any atom is -0.488 e. The van der Waals surface area contributed by atoms with Gasteiger partial charge in [0.1, 0.15) is 18.4 Å². The Balaban J connectivity index is 1.99. The quantitative estimate of drug-likeness (QED) is 0.283. The van der Waals surface area contributed by atoms with Crippen LogP contribution in [0.2, 0.25) is 0 Å². The number of nitrogens with zero attached hydrogens (tertiary/aromatic N) is 1. The first-order valence-electron chi connectivity index (χ1n) is 12.0. The third-order valence-corrected chi connectivity index (χ3v) is 6.61. The Bertz CT molecular complexity index is 1200. The third-order valence-electron chi connectivity index (χ3n) is 6.61. The molecule has 2 aromatic rings. The van der Waals surface area contributed by atoms with E-state index in [1.165, 1.54) is 19.2 Å².